The second kappa shape index (κ2) is 3.62. The summed E-state index contributed by atoms with van der Waals surface area (Å²) in [5.41, 5.74) is 6.77. The van der Waals surface area contributed by atoms with Gasteiger partial charge < -0.3 is 10.8 Å². The fraction of sp³-hybridized carbons (Fsp3) is 0.250. The maximum atomic E-state index is 10.5. The number of hydrogen-bond acceptors (Lipinski definition) is 4. The number of fused-ring (bicyclic) bond motifs is 1. The summed E-state index contributed by atoms with van der Waals surface area (Å²) in [5.74, 6) is -0.648. The van der Waals surface area contributed by atoms with E-state index >= 15 is 0 Å². The Morgan fingerprint density at radius 2 is 2.53 bits per heavy atom. The zero-order valence-electron chi connectivity index (χ0n) is 7.77. The van der Waals surface area contributed by atoms with E-state index < -0.39 is 12.0 Å². The Kier molecular flexibility index (Phi) is 2.30. The van der Waals surface area contributed by atoms with Crippen LogP contribution in [0.3, 0.4) is 0 Å². The van der Waals surface area contributed by atoms with E-state index in [0.717, 1.165) is 5.52 Å². The van der Waals surface area contributed by atoms with Crippen LogP contribution in [0.25, 0.3) is 11.2 Å². The number of H-pyrrole nitrogens is 2. The number of hydrogen-bond donors (Lipinski definition) is 3. The molecule has 2 heterocycles. The predicted octanol–water partition coefficient (Wildman–Crippen LogP) is -1.27. The number of aromatic amines is 2. The summed E-state index contributed by atoms with van der Waals surface area (Å²) in [6.45, 7) is 0. The molecule has 78 valence electrons. The zero-order chi connectivity index (χ0) is 10.8. The minimum atomic E-state index is -1.06. The highest BCUT2D eigenvalue weighted by Gasteiger charge is 2.17. The zero-order valence-corrected chi connectivity index (χ0v) is 7.77. The Bertz CT molecular complexity index is 494. The normalized spacial score (nSPS) is 12.9. The maximum absolute atomic E-state index is 10.5. The third-order valence-corrected chi connectivity index (χ3v) is 1.99. The molecule has 2 aromatic heterocycles. The fourth-order valence-corrected chi connectivity index (χ4v) is 1.20. The number of aliphatic carboxylic acids is 1. The highest BCUT2D eigenvalue weighted by atomic mass is 16.4. The van der Waals surface area contributed by atoms with Crippen molar-refractivity contribution >= 4 is 17.1 Å². The van der Waals surface area contributed by atoms with Crippen molar-refractivity contribution in [2.45, 2.75) is 12.5 Å². The maximum Gasteiger partial charge on any atom is 0.321 e. The Hall–Kier alpha value is -2.02. The van der Waals surface area contributed by atoms with E-state index in [-0.39, 0.29) is 6.42 Å². The molecule has 5 N–H and O–H groups in total. The van der Waals surface area contributed by atoms with Crippen LogP contribution in [0.2, 0.25) is 0 Å². The molecule has 0 bridgehead atoms. The van der Waals surface area contributed by atoms with Crippen molar-refractivity contribution in [3.63, 3.8) is 0 Å². The molecule has 0 amide bonds. The lowest BCUT2D eigenvalue weighted by Gasteiger charge is -2.01. The quantitative estimate of drug-likeness (QED) is 0.580. The molecule has 7 nitrogen and oxygen atoms in total. The van der Waals surface area contributed by atoms with Gasteiger partial charge in [0.2, 0.25) is 5.82 Å². The molecule has 0 radical (unpaired) electrons. The number of aromatic nitrogens is 4. The van der Waals surface area contributed by atoms with Crippen molar-refractivity contribution in [1.82, 2.24) is 15.0 Å². The van der Waals surface area contributed by atoms with Crippen LogP contribution in [-0.4, -0.2) is 32.1 Å². The first-order chi connectivity index (χ1) is 7.16. The fourth-order valence-electron chi connectivity index (χ4n) is 1.20. The monoisotopic (exact) mass is 208 g/mol. The minimum absolute atomic E-state index is 0.115. The second-order valence-electron chi connectivity index (χ2n) is 3.13. The van der Waals surface area contributed by atoms with Crippen molar-refractivity contribution in [2.24, 2.45) is 5.73 Å². The lowest BCUT2D eigenvalue weighted by Crippen LogP contribution is -2.33. The van der Waals surface area contributed by atoms with Gasteiger partial charge in [0.1, 0.15) is 6.04 Å². The van der Waals surface area contributed by atoms with Crippen molar-refractivity contribution in [1.29, 1.82) is 0 Å². The highest BCUT2D eigenvalue weighted by molar-refractivity contribution is 5.73. The number of carbonyl (C=O) groups is 1. The number of nitrogens with one attached hydrogen (secondary N) is 2. The molecule has 0 aromatic carbocycles. The van der Waals surface area contributed by atoms with Gasteiger partial charge in [0.15, 0.2) is 11.8 Å². The smallest absolute Gasteiger partial charge is 0.321 e. The van der Waals surface area contributed by atoms with Gasteiger partial charge in [-0.2, -0.15) is 0 Å². The van der Waals surface area contributed by atoms with Crippen LogP contribution in [-0.2, 0) is 11.2 Å². The second-order valence-corrected chi connectivity index (χ2v) is 3.13. The van der Waals surface area contributed by atoms with E-state index in [0.29, 0.717) is 11.5 Å². The third-order valence-electron chi connectivity index (χ3n) is 1.99. The Morgan fingerprint density at radius 1 is 1.73 bits per heavy atom. The molecule has 0 fully saturated rings. The van der Waals surface area contributed by atoms with Crippen LogP contribution >= 0.6 is 0 Å². The molecule has 1 atom stereocenters. The first-order valence-electron chi connectivity index (χ1n) is 4.36. The molecular formula is C8H10N5O2+. The summed E-state index contributed by atoms with van der Waals surface area (Å²) in [4.78, 5) is 24.4. The summed E-state index contributed by atoms with van der Waals surface area (Å²) in [6.07, 6.45) is 3.33. The summed E-state index contributed by atoms with van der Waals surface area (Å²) in [5, 5.41) is 8.62. The molecule has 0 saturated carbocycles. The number of nitrogens with two attached hydrogens (primary N) is 1. The van der Waals surface area contributed by atoms with Gasteiger partial charge in [0, 0.05) is 6.42 Å². The largest absolute Gasteiger partial charge is 0.480 e. The molecule has 1 unspecified atom stereocenters. The molecule has 0 saturated heterocycles. The molecule has 0 aliphatic heterocycles. The predicted molar refractivity (Wildman–Crippen MR) is 49.8 cm³/mol. The number of carboxylic acid groups (broad SMARTS) is 1. The van der Waals surface area contributed by atoms with Gasteiger partial charge in [0.25, 0.3) is 0 Å². The van der Waals surface area contributed by atoms with Crippen LogP contribution in [0.4, 0.5) is 0 Å². The van der Waals surface area contributed by atoms with Gasteiger partial charge in [-0.15, -0.1) is 0 Å². The molecule has 2 aromatic rings. The topological polar surface area (TPSA) is 119 Å². The number of nitrogens with zero attached hydrogens (tertiary/aromatic N) is 2. The first-order valence-corrected chi connectivity index (χ1v) is 4.36. The lowest BCUT2D eigenvalue weighted by atomic mass is 10.2. The summed E-state index contributed by atoms with van der Waals surface area (Å²) in [6, 6.07) is -0.971. The van der Waals surface area contributed by atoms with Gasteiger partial charge in [0.05, 0.1) is 6.20 Å². The SMILES string of the molecule is NC(Cc1ncc2[nH]c[nH+]c2n1)C(=O)O. The molecule has 15 heavy (non-hydrogen) atoms. The van der Waals surface area contributed by atoms with E-state index in [2.05, 4.69) is 19.9 Å². The average molecular weight is 208 g/mol. The highest BCUT2D eigenvalue weighted by Crippen LogP contribution is 2.02. The molecule has 2 rings (SSSR count). The van der Waals surface area contributed by atoms with Crippen molar-refractivity contribution in [2.75, 3.05) is 0 Å². The summed E-state index contributed by atoms with van der Waals surface area (Å²) in [7, 11) is 0. The van der Waals surface area contributed by atoms with Gasteiger partial charge >= 0.3 is 11.6 Å². The molecule has 0 aliphatic carbocycles. The number of carboxylic acids is 1. The number of imidazole rings is 1. The standard InChI is InChI=1S/C8H9N5O2/c9-4(8(14)15)1-6-10-2-5-7(13-6)12-3-11-5/h2-4H,1,9H2,(H,14,15)(H,10,11,12,13)/p+1. The van der Waals surface area contributed by atoms with Crippen LogP contribution in [0.5, 0.6) is 0 Å². The van der Waals surface area contributed by atoms with Gasteiger partial charge in [-0.05, 0) is 0 Å². The Morgan fingerprint density at radius 3 is 3.27 bits per heavy atom. The van der Waals surface area contributed by atoms with Crippen LogP contribution < -0.4 is 10.7 Å². The summed E-state index contributed by atoms with van der Waals surface area (Å²) >= 11 is 0. The van der Waals surface area contributed by atoms with E-state index in [1.54, 1.807) is 12.5 Å². The van der Waals surface area contributed by atoms with Crippen molar-refractivity contribution in [3.05, 3.63) is 18.3 Å². The third kappa shape index (κ3) is 1.91. The van der Waals surface area contributed by atoms with Gasteiger partial charge in [-0.25, -0.2) is 9.97 Å². The number of rotatable bonds is 3. The first kappa shape index (κ1) is 9.53. The molecule has 0 spiro atoms. The van der Waals surface area contributed by atoms with Crippen molar-refractivity contribution < 1.29 is 14.9 Å². The van der Waals surface area contributed by atoms with E-state index in [1.807, 2.05) is 0 Å². The van der Waals surface area contributed by atoms with Crippen LogP contribution in [0.1, 0.15) is 5.82 Å². The Labute approximate surface area is 84.4 Å². The minimum Gasteiger partial charge on any atom is -0.480 e. The lowest BCUT2D eigenvalue weighted by molar-refractivity contribution is -0.347. The van der Waals surface area contributed by atoms with E-state index in [9.17, 15) is 4.79 Å². The van der Waals surface area contributed by atoms with E-state index in [1.165, 1.54) is 0 Å². The van der Waals surface area contributed by atoms with Crippen LogP contribution in [0, 0.1) is 0 Å². The van der Waals surface area contributed by atoms with E-state index in [4.69, 9.17) is 10.8 Å². The molecular weight excluding hydrogens is 198 g/mol. The van der Waals surface area contributed by atoms with Gasteiger partial charge in [-0.1, -0.05) is 4.98 Å². The Balaban J connectivity index is 2.24. The average Bonchev–Trinajstić information content (AvgIpc) is 2.64. The van der Waals surface area contributed by atoms with Crippen LogP contribution in [0.15, 0.2) is 12.5 Å². The summed E-state index contributed by atoms with van der Waals surface area (Å²) < 4.78 is 0. The molecule has 7 heteroatoms. The molecule has 0 aliphatic rings. The van der Waals surface area contributed by atoms with Gasteiger partial charge in [-0.3, -0.25) is 9.78 Å². The van der Waals surface area contributed by atoms with Crippen molar-refractivity contribution in [3.8, 4) is 0 Å².